The zero-order valence-electron chi connectivity index (χ0n) is 9.59. The van der Waals surface area contributed by atoms with E-state index in [1.807, 2.05) is 0 Å². The van der Waals surface area contributed by atoms with E-state index in [-0.39, 0.29) is 0 Å². The first-order chi connectivity index (χ1) is 5.92. The van der Waals surface area contributed by atoms with Gasteiger partial charge in [0.05, 0.1) is 0 Å². The van der Waals surface area contributed by atoms with Crippen LogP contribution in [0.1, 0.15) is 20.3 Å². The highest BCUT2D eigenvalue weighted by Gasteiger charge is 2.28. The number of hydrogen-bond acceptors (Lipinski definition) is 2. The molecule has 0 bridgehead atoms. The summed E-state index contributed by atoms with van der Waals surface area (Å²) in [6.07, 6.45) is 3.54. The molecule has 13 heavy (non-hydrogen) atoms. The molecule has 0 spiro atoms. The minimum Gasteiger partial charge on any atom is -0.383 e. The van der Waals surface area contributed by atoms with Crippen LogP contribution in [0.3, 0.4) is 0 Å². The van der Waals surface area contributed by atoms with Crippen LogP contribution in [0, 0.1) is 5.41 Å². The van der Waals surface area contributed by atoms with Crippen molar-refractivity contribution >= 4 is 0 Å². The van der Waals surface area contributed by atoms with Crippen LogP contribution >= 0.6 is 0 Å². The maximum atomic E-state index is 2.39. The third-order valence-corrected chi connectivity index (χ3v) is 2.84. The van der Waals surface area contributed by atoms with E-state index in [1.54, 1.807) is 5.57 Å². The largest absolute Gasteiger partial charge is 0.383 e. The summed E-state index contributed by atoms with van der Waals surface area (Å²) in [5, 5.41) is 0. The molecule has 1 aliphatic rings. The molecule has 1 saturated heterocycles. The predicted octanol–water partition coefficient (Wildman–Crippen LogP) is 1.79. The number of piperidine rings is 1. The van der Waals surface area contributed by atoms with Gasteiger partial charge in [0.15, 0.2) is 0 Å². The third-order valence-electron chi connectivity index (χ3n) is 2.84. The Bertz CT molecular complexity index is 204. The highest BCUT2D eigenvalue weighted by molar-refractivity contribution is 5.15. The molecule has 0 aromatic carbocycles. The lowest BCUT2D eigenvalue weighted by molar-refractivity contribution is 0.220. The van der Waals surface area contributed by atoms with Crippen molar-refractivity contribution in [3.05, 3.63) is 11.8 Å². The van der Waals surface area contributed by atoms with Gasteiger partial charge in [-0.3, -0.25) is 0 Å². The lowest BCUT2D eigenvalue weighted by Crippen LogP contribution is -2.37. The number of nitrogens with zero attached hydrogens (tertiary/aromatic N) is 2. The van der Waals surface area contributed by atoms with Crippen molar-refractivity contribution in [3.8, 4) is 0 Å². The Labute approximate surface area is 82.2 Å². The van der Waals surface area contributed by atoms with Crippen molar-refractivity contribution in [2.24, 2.45) is 5.41 Å². The fourth-order valence-corrected chi connectivity index (χ4v) is 1.74. The Balaban J connectivity index is 2.78. The zero-order valence-corrected chi connectivity index (χ0v) is 9.59. The van der Waals surface area contributed by atoms with Gasteiger partial charge in [0.1, 0.15) is 0 Å². The van der Waals surface area contributed by atoms with E-state index in [0.717, 1.165) is 6.54 Å². The van der Waals surface area contributed by atoms with Crippen LogP contribution < -0.4 is 0 Å². The average Bonchev–Trinajstić information content (AvgIpc) is 1.97. The van der Waals surface area contributed by atoms with Crippen LogP contribution in [0.2, 0.25) is 0 Å². The second kappa shape index (κ2) is 3.70. The van der Waals surface area contributed by atoms with Crippen molar-refractivity contribution in [3.63, 3.8) is 0 Å². The fraction of sp³-hybridized carbons (Fsp3) is 0.818. The van der Waals surface area contributed by atoms with Crippen molar-refractivity contribution in [1.29, 1.82) is 0 Å². The molecule has 1 heterocycles. The highest BCUT2D eigenvalue weighted by Crippen LogP contribution is 2.34. The summed E-state index contributed by atoms with van der Waals surface area (Å²) in [7, 11) is 6.38. The van der Waals surface area contributed by atoms with Gasteiger partial charge in [-0.1, -0.05) is 13.8 Å². The molecule has 76 valence electrons. The first-order valence-corrected chi connectivity index (χ1v) is 4.98. The summed E-state index contributed by atoms with van der Waals surface area (Å²) < 4.78 is 0. The average molecular weight is 182 g/mol. The topological polar surface area (TPSA) is 6.48 Å². The van der Waals surface area contributed by atoms with Crippen molar-refractivity contribution in [2.45, 2.75) is 20.3 Å². The van der Waals surface area contributed by atoms with E-state index >= 15 is 0 Å². The maximum absolute atomic E-state index is 2.39. The molecular formula is C11H22N2. The second-order valence-corrected chi connectivity index (χ2v) is 4.99. The molecule has 0 radical (unpaired) electrons. The Kier molecular flexibility index (Phi) is 3.01. The normalized spacial score (nSPS) is 26.4. The summed E-state index contributed by atoms with van der Waals surface area (Å²) in [6, 6.07) is 0. The third kappa shape index (κ3) is 2.73. The van der Waals surface area contributed by atoms with Gasteiger partial charge in [-0.2, -0.15) is 0 Å². The Hall–Kier alpha value is -0.500. The van der Waals surface area contributed by atoms with Gasteiger partial charge >= 0.3 is 0 Å². The smallest absolute Gasteiger partial charge is 0.0212 e. The number of hydrogen-bond donors (Lipinski definition) is 0. The molecule has 0 unspecified atom stereocenters. The van der Waals surface area contributed by atoms with Crippen LogP contribution in [-0.2, 0) is 0 Å². The molecule has 0 aromatic heterocycles. The predicted molar refractivity (Wildman–Crippen MR) is 57.7 cm³/mol. The summed E-state index contributed by atoms with van der Waals surface area (Å²) in [5.41, 5.74) is 1.93. The Morgan fingerprint density at radius 1 is 1.38 bits per heavy atom. The van der Waals surface area contributed by atoms with E-state index in [9.17, 15) is 0 Å². The fourth-order valence-electron chi connectivity index (χ4n) is 1.74. The van der Waals surface area contributed by atoms with Gasteiger partial charge in [0, 0.05) is 20.6 Å². The molecule has 1 fully saturated rings. The second-order valence-electron chi connectivity index (χ2n) is 4.99. The lowest BCUT2D eigenvalue weighted by atomic mass is 9.78. The van der Waals surface area contributed by atoms with Crippen LogP contribution in [0.5, 0.6) is 0 Å². The highest BCUT2D eigenvalue weighted by atomic mass is 15.1. The molecule has 0 saturated carbocycles. The standard InChI is InChI=1S/C11H22N2/c1-11(2)6-7-13(5)9-10(11)8-12(3)4/h8H,6-7,9H2,1-5H3/b10-8+. The van der Waals surface area contributed by atoms with E-state index in [0.29, 0.717) is 5.41 Å². The van der Waals surface area contributed by atoms with Gasteiger partial charge in [-0.15, -0.1) is 0 Å². The van der Waals surface area contributed by atoms with Crippen molar-refractivity contribution < 1.29 is 0 Å². The molecule has 1 aliphatic heterocycles. The number of rotatable bonds is 1. The van der Waals surface area contributed by atoms with Gasteiger partial charge in [-0.25, -0.2) is 0 Å². The summed E-state index contributed by atoms with van der Waals surface area (Å²) >= 11 is 0. The first-order valence-electron chi connectivity index (χ1n) is 4.98. The van der Waals surface area contributed by atoms with Gasteiger partial charge in [0.2, 0.25) is 0 Å². The SMILES string of the molecule is CN(C)/C=C1\CN(C)CCC1(C)C. The molecule has 1 rings (SSSR count). The minimum absolute atomic E-state index is 0.386. The Morgan fingerprint density at radius 3 is 2.54 bits per heavy atom. The minimum atomic E-state index is 0.386. The molecule has 0 aliphatic carbocycles. The van der Waals surface area contributed by atoms with Gasteiger partial charge in [0.25, 0.3) is 0 Å². The van der Waals surface area contributed by atoms with Crippen LogP contribution in [0.15, 0.2) is 11.8 Å². The molecule has 0 aromatic rings. The summed E-state index contributed by atoms with van der Waals surface area (Å²) in [5.74, 6) is 0. The van der Waals surface area contributed by atoms with Gasteiger partial charge in [-0.05, 0) is 37.2 Å². The van der Waals surface area contributed by atoms with Crippen molar-refractivity contribution in [1.82, 2.24) is 9.80 Å². The summed E-state index contributed by atoms with van der Waals surface area (Å²) in [4.78, 5) is 4.54. The van der Waals surface area contributed by atoms with Gasteiger partial charge < -0.3 is 9.80 Å². The van der Waals surface area contributed by atoms with Crippen molar-refractivity contribution in [2.75, 3.05) is 34.2 Å². The number of likely N-dealkylation sites (N-methyl/N-ethyl adjacent to an activating group) is 1. The monoisotopic (exact) mass is 182 g/mol. The molecule has 2 heteroatoms. The van der Waals surface area contributed by atoms with E-state index in [2.05, 4.69) is 51.0 Å². The molecule has 0 amide bonds. The van der Waals surface area contributed by atoms with E-state index in [1.165, 1.54) is 13.0 Å². The van der Waals surface area contributed by atoms with Crippen LogP contribution in [0.4, 0.5) is 0 Å². The number of likely N-dealkylation sites (tertiary alicyclic amines) is 1. The van der Waals surface area contributed by atoms with E-state index < -0.39 is 0 Å². The quantitative estimate of drug-likeness (QED) is 0.610. The molecule has 2 nitrogen and oxygen atoms in total. The maximum Gasteiger partial charge on any atom is 0.0212 e. The Morgan fingerprint density at radius 2 is 2.00 bits per heavy atom. The molecule has 0 atom stereocenters. The lowest BCUT2D eigenvalue weighted by Gasteiger charge is -2.38. The van der Waals surface area contributed by atoms with Crippen LogP contribution in [0.25, 0.3) is 0 Å². The summed E-state index contributed by atoms with van der Waals surface area (Å²) in [6.45, 7) is 7.02. The van der Waals surface area contributed by atoms with E-state index in [4.69, 9.17) is 0 Å². The first kappa shape index (κ1) is 10.6. The van der Waals surface area contributed by atoms with Crippen LogP contribution in [-0.4, -0.2) is 44.0 Å². The molecular weight excluding hydrogens is 160 g/mol. The molecule has 0 N–H and O–H groups in total. The zero-order chi connectivity index (χ0) is 10.1.